The van der Waals surface area contributed by atoms with Crippen LogP contribution in [0.5, 0.6) is 0 Å². The SMILES string of the molecule is CSC(C)CN1CC2CC3CC(C2)CC1C3. The first kappa shape index (κ1) is 11.4. The van der Waals surface area contributed by atoms with E-state index in [4.69, 9.17) is 0 Å². The molecular formula is C14H25NS. The van der Waals surface area contributed by atoms with E-state index < -0.39 is 0 Å². The van der Waals surface area contributed by atoms with Crippen molar-refractivity contribution in [3.8, 4) is 0 Å². The lowest BCUT2D eigenvalue weighted by molar-refractivity contribution is 0.126. The van der Waals surface area contributed by atoms with E-state index in [1.807, 2.05) is 11.8 Å². The summed E-state index contributed by atoms with van der Waals surface area (Å²) in [4.78, 5) is 2.85. The minimum Gasteiger partial charge on any atom is -0.299 e. The molecule has 2 saturated carbocycles. The lowest BCUT2D eigenvalue weighted by Gasteiger charge is -2.39. The summed E-state index contributed by atoms with van der Waals surface area (Å²) in [5, 5.41) is 0.815. The zero-order valence-electron chi connectivity index (χ0n) is 10.7. The third-order valence-electron chi connectivity index (χ3n) is 5.11. The quantitative estimate of drug-likeness (QED) is 0.744. The van der Waals surface area contributed by atoms with Gasteiger partial charge in [0.05, 0.1) is 0 Å². The minimum absolute atomic E-state index is 0.815. The summed E-state index contributed by atoms with van der Waals surface area (Å²) in [6.07, 6.45) is 9.97. The monoisotopic (exact) mass is 239 g/mol. The van der Waals surface area contributed by atoms with Crippen molar-refractivity contribution in [2.24, 2.45) is 17.8 Å². The van der Waals surface area contributed by atoms with Crippen molar-refractivity contribution in [3.05, 3.63) is 0 Å². The van der Waals surface area contributed by atoms with Crippen LogP contribution in [0.4, 0.5) is 0 Å². The van der Waals surface area contributed by atoms with Crippen LogP contribution in [0, 0.1) is 17.8 Å². The van der Waals surface area contributed by atoms with E-state index in [0.717, 1.165) is 29.0 Å². The molecule has 16 heavy (non-hydrogen) atoms. The zero-order valence-corrected chi connectivity index (χ0v) is 11.5. The number of hydrogen-bond donors (Lipinski definition) is 0. The molecule has 0 N–H and O–H groups in total. The highest BCUT2D eigenvalue weighted by Crippen LogP contribution is 2.47. The van der Waals surface area contributed by atoms with Crippen molar-refractivity contribution in [1.29, 1.82) is 0 Å². The van der Waals surface area contributed by atoms with Gasteiger partial charge in [-0.1, -0.05) is 6.92 Å². The largest absolute Gasteiger partial charge is 0.299 e. The van der Waals surface area contributed by atoms with Crippen molar-refractivity contribution < 1.29 is 0 Å². The summed E-state index contributed by atoms with van der Waals surface area (Å²) in [5.41, 5.74) is 0. The maximum Gasteiger partial charge on any atom is 0.0144 e. The zero-order chi connectivity index (χ0) is 11.1. The standard InChI is InChI=1S/C14H25NS/c1-10(16-2)8-15-9-13-4-11-3-12(5-13)7-14(15)6-11/h10-14H,3-9H2,1-2H3. The minimum atomic E-state index is 0.815. The van der Waals surface area contributed by atoms with Gasteiger partial charge in [0, 0.05) is 24.4 Å². The Morgan fingerprint density at radius 3 is 2.31 bits per heavy atom. The molecule has 2 aliphatic carbocycles. The number of fused-ring (bicyclic) bond motifs is 1. The Balaban J connectivity index is 1.71. The Bertz CT molecular complexity index is 241. The van der Waals surface area contributed by atoms with Crippen molar-refractivity contribution in [2.45, 2.75) is 50.3 Å². The second-order valence-electron chi connectivity index (χ2n) is 6.43. The van der Waals surface area contributed by atoms with Crippen LogP contribution in [0.2, 0.25) is 0 Å². The Labute approximate surface area is 104 Å². The molecule has 3 unspecified atom stereocenters. The fourth-order valence-corrected chi connectivity index (χ4v) is 4.85. The van der Waals surface area contributed by atoms with E-state index in [-0.39, 0.29) is 0 Å². The van der Waals surface area contributed by atoms with Crippen LogP contribution in [0.3, 0.4) is 0 Å². The lowest BCUT2D eigenvalue weighted by atomic mass is 9.68. The molecule has 2 heterocycles. The second kappa shape index (κ2) is 4.53. The Hall–Kier alpha value is 0.310. The molecule has 4 bridgehead atoms. The van der Waals surface area contributed by atoms with Gasteiger partial charge in [0.25, 0.3) is 0 Å². The summed E-state index contributed by atoms with van der Waals surface area (Å²) < 4.78 is 0. The maximum absolute atomic E-state index is 2.85. The van der Waals surface area contributed by atoms with Gasteiger partial charge in [-0.05, 0) is 56.1 Å². The third-order valence-corrected chi connectivity index (χ3v) is 6.07. The molecule has 0 aromatic carbocycles. The maximum atomic E-state index is 2.85. The first-order valence-corrected chi connectivity index (χ1v) is 8.30. The summed E-state index contributed by atoms with van der Waals surface area (Å²) in [5.74, 6) is 3.24. The molecular weight excluding hydrogens is 214 g/mol. The van der Waals surface area contributed by atoms with E-state index in [2.05, 4.69) is 18.1 Å². The number of rotatable bonds is 3. The highest BCUT2D eigenvalue weighted by molar-refractivity contribution is 7.99. The normalized spacial score (nSPS) is 44.6. The van der Waals surface area contributed by atoms with Gasteiger partial charge in [0.1, 0.15) is 0 Å². The van der Waals surface area contributed by atoms with Gasteiger partial charge < -0.3 is 0 Å². The Kier molecular flexibility index (Phi) is 3.23. The summed E-state index contributed by atoms with van der Waals surface area (Å²) in [6.45, 7) is 5.14. The summed E-state index contributed by atoms with van der Waals surface area (Å²) in [7, 11) is 0. The summed E-state index contributed by atoms with van der Waals surface area (Å²) >= 11 is 2.03. The predicted molar refractivity (Wildman–Crippen MR) is 71.9 cm³/mol. The van der Waals surface area contributed by atoms with Crippen LogP contribution in [0.25, 0.3) is 0 Å². The van der Waals surface area contributed by atoms with Gasteiger partial charge in [-0.2, -0.15) is 11.8 Å². The predicted octanol–water partition coefficient (Wildman–Crippen LogP) is 3.25. The molecule has 4 rings (SSSR count). The van der Waals surface area contributed by atoms with E-state index in [9.17, 15) is 0 Å². The highest BCUT2D eigenvalue weighted by atomic mass is 32.2. The topological polar surface area (TPSA) is 3.24 Å². The number of nitrogens with zero attached hydrogens (tertiary/aromatic N) is 1. The van der Waals surface area contributed by atoms with Gasteiger partial charge >= 0.3 is 0 Å². The Morgan fingerprint density at radius 1 is 1.06 bits per heavy atom. The summed E-state index contributed by atoms with van der Waals surface area (Å²) in [6, 6.07) is 0.950. The first-order chi connectivity index (χ1) is 7.74. The van der Waals surface area contributed by atoms with Crippen molar-refractivity contribution in [3.63, 3.8) is 0 Å². The molecule has 0 amide bonds. The fourth-order valence-electron chi connectivity index (χ4n) is 4.51. The van der Waals surface area contributed by atoms with Gasteiger partial charge in [0.15, 0.2) is 0 Å². The third kappa shape index (κ3) is 2.15. The molecule has 0 aromatic heterocycles. The molecule has 2 aliphatic heterocycles. The average Bonchev–Trinajstić information content (AvgIpc) is 2.43. The van der Waals surface area contributed by atoms with Crippen molar-refractivity contribution >= 4 is 11.8 Å². The van der Waals surface area contributed by atoms with Crippen LogP contribution < -0.4 is 0 Å². The molecule has 0 spiro atoms. The van der Waals surface area contributed by atoms with Crippen molar-refractivity contribution in [2.75, 3.05) is 19.3 Å². The van der Waals surface area contributed by atoms with Crippen LogP contribution in [-0.2, 0) is 0 Å². The van der Waals surface area contributed by atoms with Crippen molar-refractivity contribution in [1.82, 2.24) is 4.90 Å². The molecule has 0 radical (unpaired) electrons. The smallest absolute Gasteiger partial charge is 0.0144 e. The van der Waals surface area contributed by atoms with E-state index in [1.165, 1.54) is 25.9 Å². The fraction of sp³-hybridized carbons (Fsp3) is 1.00. The number of hydrogen-bond acceptors (Lipinski definition) is 2. The highest BCUT2D eigenvalue weighted by Gasteiger charge is 2.42. The molecule has 0 aromatic rings. The molecule has 2 heteroatoms. The lowest BCUT2D eigenvalue weighted by Crippen LogP contribution is -2.41. The molecule has 3 atom stereocenters. The van der Waals surface area contributed by atoms with Gasteiger partial charge in [-0.3, -0.25) is 4.90 Å². The van der Waals surface area contributed by atoms with E-state index in [0.29, 0.717) is 0 Å². The average molecular weight is 239 g/mol. The van der Waals surface area contributed by atoms with E-state index in [1.54, 1.807) is 19.3 Å². The van der Waals surface area contributed by atoms with Crippen LogP contribution in [0.1, 0.15) is 39.0 Å². The van der Waals surface area contributed by atoms with Crippen LogP contribution in [0.15, 0.2) is 0 Å². The second-order valence-corrected chi connectivity index (χ2v) is 7.71. The van der Waals surface area contributed by atoms with Crippen LogP contribution >= 0.6 is 11.8 Å². The van der Waals surface area contributed by atoms with Crippen LogP contribution in [-0.4, -0.2) is 35.5 Å². The molecule has 4 aliphatic rings. The molecule has 1 nitrogen and oxygen atoms in total. The first-order valence-electron chi connectivity index (χ1n) is 7.01. The number of thioether (sulfide) groups is 1. The molecule has 4 fully saturated rings. The van der Waals surface area contributed by atoms with E-state index >= 15 is 0 Å². The molecule has 2 saturated heterocycles. The van der Waals surface area contributed by atoms with Gasteiger partial charge in [-0.25, -0.2) is 0 Å². The molecule has 92 valence electrons. The van der Waals surface area contributed by atoms with Gasteiger partial charge in [-0.15, -0.1) is 0 Å². The van der Waals surface area contributed by atoms with Gasteiger partial charge in [0.2, 0.25) is 0 Å². The Morgan fingerprint density at radius 2 is 1.69 bits per heavy atom.